The number of fused-ring (bicyclic) bond motifs is 1. The SMILES string of the molecule is CC1(C)CCCCC1Nc1nncc2ccccc12. The Bertz CT molecular complexity index is 572. The monoisotopic (exact) mass is 255 g/mol. The summed E-state index contributed by atoms with van der Waals surface area (Å²) in [6, 6.07) is 8.78. The number of hydrogen-bond acceptors (Lipinski definition) is 3. The summed E-state index contributed by atoms with van der Waals surface area (Å²) in [6.07, 6.45) is 6.97. The van der Waals surface area contributed by atoms with Gasteiger partial charge in [0.2, 0.25) is 0 Å². The first-order valence-electron chi connectivity index (χ1n) is 7.14. The molecule has 1 fully saturated rings. The molecule has 3 rings (SSSR count). The molecule has 1 aromatic heterocycles. The Morgan fingerprint density at radius 1 is 1.21 bits per heavy atom. The van der Waals surface area contributed by atoms with E-state index >= 15 is 0 Å². The van der Waals surface area contributed by atoms with Gasteiger partial charge in [0.15, 0.2) is 5.82 Å². The summed E-state index contributed by atoms with van der Waals surface area (Å²) in [4.78, 5) is 0. The Labute approximate surface area is 114 Å². The predicted molar refractivity (Wildman–Crippen MR) is 79.2 cm³/mol. The summed E-state index contributed by atoms with van der Waals surface area (Å²) in [5.74, 6) is 0.929. The minimum Gasteiger partial charge on any atom is -0.365 e. The van der Waals surface area contributed by atoms with Crippen LogP contribution in [0.2, 0.25) is 0 Å². The number of benzene rings is 1. The van der Waals surface area contributed by atoms with Crippen molar-refractivity contribution in [3.8, 4) is 0 Å². The Kier molecular flexibility index (Phi) is 3.13. The molecule has 2 aromatic rings. The van der Waals surface area contributed by atoms with E-state index in [0.29, 0.717) is 11.5 Å². The number of rotatable bonds is 2. The van der Waals surface area contributed by atoms with E-state index in [4.69, 9.17) is 0 Å². The first kappa shape index (κ1) is 12.4. The molecule has 19 heavy (non-hydrogen) atoms. The normalized spacial score (nSPS) is 22.3. The smallest absolute Gasteiger partial charge is 0.156 e. The third-order valence-corrected chi connectivity index (χ3v) is 4.39. The summed E-state index contributed by atoms with van der Waals surface area (Å²) < 4.78 is 0. The van der Waals surface area contributed by atoms with E-state index in [1.807, 2.05) is 12.3 Å². The maximum atomic E-state index is 4.31. The largest absolute Gasteiger partial charge is 0.365 e. The maximum Gasteiger partial charge on any atom is 0.156 e. The van der Waals surface area contributed by atoms with E-state index < -0.39 is 0 Å². The van der Waals surface area contributed by atoms with E-state index in [9.17, 15) is 0 Å². The second-order valence-electron chi connectivity index (χ2n) is 6.21. The first-order chi connectivity index (χ1) is 9.17. The fraction of sp³-hybridized carbons (Fsp3) is 0.500. The molecule has 1 aromatic carbocycles. The lowest BCUT2D eigenvalue weighted by Crippen LogP contribution is -2.39. The quantitative estimate of drug-likeness (QED) is 0.881. The highest BCUT2D eigenvalue weighted by Gasteiger charge is 2.32. The molecule has 0 aliphatic heterocycles. The second-order valence-corrected chi connectivity index (χ2v) is 6.21. The zero-order chi connectivity index (χ0) is 13.3. The van der Waals surface area contributed by atoms with Crippen molar-refractivity contribution < 1.29 is 0 Å². The van der Waals surface area contributed by atoms with Crippen LogP contribution in [0.3, 0.4) is 0 Å². The van der Waals surface area contributed by atoms with Gasteiger partial charge in [-0.25, -0.2) is 0 Å². The molecule has 1 N–H and O–H groups in total. The molecular weight excluding hydrogens is 234 g/mol. The molecule has 0 bridgehead atoms. The van der Waals surface area contributed by atoms with Crippen LogP contribution in [0.5, 0.6) is 0 Å². The van der Waals surface area contributed by atoms with Gasteiger partial charge in [0, 0.05) is 16.8 Å². The topological polar surface area (TPSA) is 37.8 Å². The third kappa shape index (κ3) is 2.42. The van der Waals surface area contributed by atoms with Crippen LogP contribution in [-0.4, -0.2) is 16.2 Å². The molecule has 3 nitrogen and oxygen atoms in total. The average molecular weight is 255 g/mol. The van der Waals surface area contributed by atoms with Crippen molar-refractivity contribution in [2.75, 3.05) is 5.32 Å². The van der Waals surface area contributed by atoms with Gasteiger partial charge in [0.25, 0.3) is 0 Å². The Hall–Kier alpha value is -1.64. The zero-order valence-corrected chi connectivity index (χ0v) is 11.7. The van der Waals surface area contributed by atoms with Crippen molar-refractivity contribution in [1.82, 2.24) is 10.2 Å². The average Bonchev–Trinajstić information content (AvgIpc) is 2.41. The van der Waals surface area contributed by atoms with Gasteiger partial charge < -0.3 is 5.32 Å². The van der Waals surface area contributed by atoms with Crippen LogP contribution in [-0.2, 0) is 0 Å². The molecule has 0 spiro atoms. The van der Waals surface area contributed by atoms with Crippen LogP contribution in [0.1, 0.15) is 39.5 Å². The van der Waals surface area contributed by atoms with Crippen LogP contribution in [0.15, 0.2) is 30.5 Å². The van der Waals surface area contributed by atoms with Gasteiger partial charge >= 0.3 is 0 Å². The van der Waals surface area contributed by atoms with Gasteiger partial charge in [-0.15, -0.1) is 5.10 Å². The Morgan fingerprint density at radius 3 is 2.89 bits per heavy atom. The van der Waals surface area contributed by atoms with Crippen LogP contribution in [0.25, 0.3) is 10.8 Å². The summed E-state index contributed by atoms with van der Waals surface area (Å²) in [6.45, 7) is 4.70. The predicted octanol–water partition coefficient (Wildman–Crippen LogP) is 4.01. The molecule has 1 aliphatic carbocycles. The lowest BCUT2D eigenvalue weighted by molar-refractivity contribution is 0.216. The summed E-state index contributed by atoms with van der Waals surface area (Å²) in [5, 5.41) is 14.4. The molecule has 0 saturated heterocycles. The molecule has 1 saturated carbocycles. The summed E-state index contributed by atoms with van der Waals surface area (Å²) in [7, 11) is 0. The summed E-state index contributed by atoms with van der Waals surface area (Å²) in [5.41, 5.74) is 0.330. The number of nitrogens with zero attached hydrogens (tertiary/aromatic N) is 2. The maximum absolute atomic E-state index is 4.31. The molecule has 100 valence electrons. The first-order valence-corrected chi connectivity index (χ1v) is 7.14. The molecule has 1 unspecified atom stereocenters. The van der Waals surface area contributed by atoms with Crippen molar-refractivity contribution in [2.45, 2.75) is 45.6 Å². The molecule has 1 heterocycles. The van der Waals surface area contributed by atoms with Gasteiger partial charge in [-0.1, -0.05) is 51.0 Å². The van der Waals surface area contributed by atoms with E-state index in [0.717, 1.165) is 11.2 Å². The van der Waals surface area contributed by atoms with Gasteiger partial charge in [-0.3, -0.25) is 0 Å². The van der Waals surface area contributed by atoms with Gasteiger partial charge in [-0.2, -0.15) is 5.10 Å². The van der Waals surface area contributed by atoms with Crippen LogP contribution in [0, 0.1) is 5.41 Å². The van der Waals surface area contributed by atoms with Crippen LogP contribution in [0.4, 0.5) is 5.82 Å². The third-order valence-electron chi connectivity index (χ3n) is 4.39. The number of aromatic nitrogens is 2. The number of anilines is 1. The number of nitrogens with one attached hydrogen (secondary N) is 1. The summed E-state index contributed by atoms with van der Waals surface area (Å²) >= 11 is 0. The van der Waals surface area contributed by atoms with Gasteiger partial charge in [-0.05, 0) is 18.3 Å². The van der Waals surface area contributed by atoms with Crippen LogP contribution < -0.4 is 5.32 Å². The highest BCUT2D eigenvalue weighted by molar-refractivity contribution is 5.90. The lowest BCUT2D eigenvalue weighted by atomic mass is 9.73. The van der Waals surface area contributed by atoms with E-state index in [1.54, 1.807) is 0 Å². The van der Waals surface area contributed by atoms with Crippen molar-refractivity contribution in [3.63, 3.8) is 0 Å². The molecule has 0 amide bonds. The fourth-order valence-corrected chi connectivity index (χ4v) is 3.06. The van der Waals surface area contributed by atoms with Crippen molar-refractivity contribution in [2.24, 2.45) is 5.41 Å². The Balaban J connectivity index is 1.93. The minimum atomic E-state index is 0.330. The van der Waals surface area contributed by atoms with E-state index in [-0.39, 0.29) is 0 Å². The van der Waals surface area contributed by atoms with Crippen molar-refractivity contribution >= 4 is 16.6 Å². The van der Waals surface area contributed by atoms with Gasteiger partial charge in [0.05, 0.1) is 6.20 Å². The Morgan fingerprint density at radius 2 is 2.05 bits per heavy atom. The second kappa shape index (κ2) is 4.80. The molecule has 3 heteroatoms. The van der Waals surface area contributed by atoms with E-state index in [2.05, 4.69) is 47.6 Å². The van der Waals surface area contributed by atoms with Gasteiger partial charge in [0.1, 0.15) is 0 Å². The molecule has 0 radical (unpaired) electrons. The molecule has 1 aliphatic rings. The molecular formula is C16H21N3. The highest BCUT2D eigenvalue weighted by Crippen LogP contribution is 2.37. The van der Waals surface area contributed by atoms with Crippen molar-refractivity contribution in [1.29, 1.82) is 0 Å². The number of hydrogen-bond donors (Lipinski definition) is 1. The minimum absolute atomic E-state index is 0.330. The lowest BCUT2D eigenvalue weighted by Gasteiger charge is -2.39. The molecule has 1 atom stereocenters. The zero-order valence-electron chi connectivity index (χ0n) is 11.7. The fourth-order valence-electron chi connectivity index (χ4n) is 3.06. The van der Waals surface area contributed by atoms with Crippen molar-refractivity contribution in [3.05, 3.63) is 30.5 Å². The van der Waals surface area contributed by atoms with E-state index in [1.165, 1.54) is 31.1 Å². The standard InChI is InChI=1S/C16H21N3/c1-16(2)10-6-5-9-14(16)18-15-13-8-4-3-7-12(13)11-17-19-15/h3-4,7-8,11,14H,5-6,9-10H2,1-2H3,(H,18,19). The van der Waals surface area contributed by atoms with Crippen LogP contribution >= 0.6 is 0 Å². The highest BCUT2D eigenvalue weighted by atomic mass is 15.2.